The van der Waals surface area contributed by atoms with E-state index in [0.29, 0.717) is 0 Å². The summed E-state index contributed by atoms with van der Waals surface area (Å²) in [6, 6.07) is 7.96. The number of fused-ring (bicyclic) bond motifs is 2. The van der Waals surface area contributed by atoms with Gasteiger partial charge in [-0.2, -0.15) is 0 Å². The van der Waals surface area contributed by atoms with Crippen molar-refractivity contribution >= 4 is 17.0 Å². The molecule has 2 bridgehead atoms. The number of hydrogen-bond donors (Lipinski definition) is 0. The van der Waals surface area contributed by atoms with Gasteiger partial charge in [0.1, 0.15) is 5.75 Å². The van der Waals surface area contributed by atoms with E-state index in [1.54, 1.807) is 6.26 Å². The van der Waals surface area contributed by atoms with Crippen LogP contribution in [0.25, 0.3) is 6.08 Å². The first-order valence-electron chi connectivity index (χ1n) is 2.88. The second kappa shape index (κ2) is 2.71. The Morgan fingerprint density at radius 1 is 1.20 bits per heavy atom. The molecule has 0 aliphatic carbocycles. The summed E-state index contributed by atoms with van der Waals surface area (Å²) in [5, 5.41) is 0. The fourth-order valence-corrected chi connectivity index (χ4v) is 0.883. The normalized spacial score (nSPS) is 11.6. The molecule has 1 aliphatic heterocycles. The van der Waals surface area contributed by atoms with E-state index in [1.165, 1.54) is 5.56 Å². The monoisotopic (exact) mass is 146 g/mol. The molecule has 1 aromatic rings. The molecular weight excluding hydrogens is 140 g/mol. The van der Waals surface area contributed by atoms with Crippen LogP contribution in [-0.2, 0) is 0 Å². The molecule has 0 atom stereocenters. The Hall–Kier alpha value is -1.02. The van der Waals surface area contributed by atoms with Crippen LogP contribution in [0.4, 0.5) is 0 Å². The first-order valence-corrected chi connectivity index (χ1v) is 2.88. The van der Waals surface area contributed by atoms with Crippen molar-refractivity contribution < 1.29 is 4.74 Å². The van der Waals surface area contributed by atoms with Crippen LogP contribution in [0.3, 0.4) is 0 Å². The smallest absolute Gasteiger partial charge is 0.127 e. The maximum atomic E-state index is 5.10. The van der Waals surface area contributed by atoms with Crippen molar-refractivity contribution in [3.8, 4) is 5.75 Å². The van der Waals surface area contributed by atoms with Crippen LogP contribution in [0.15, 0.2) is 30.5 Å². The van der Waals surface area contributed by atoms with Crippen LogP contribution < -0.4 is 4.74 Å². The van der Waals surface area contributed by atoms with Crippen molar-refractivity contribution in [2.75, 3.05) is 0 Å². The Morgan fingerprint density at radius 3 is 2.80 bits per heavy atom. The lowest BCUT2D eigenvalue weighted by atomic mass is 10.2. The molecule has 10 heavy (non-hydrogen) atoms. The minimum absolute atomic E-state index is 0. The molecule has 1 nitrogen and oxygen atoms in total. The Labute approximate surface area is 64.4 Å². The van der Waals surface area contributed by atoms with E-state index in [2.05, 4.69) is 0 Å². The molecule has 0 unspecified atom stereocenters. The number of hydrogen-bond acceptors (Lipinski definition) is 1. The van der Waals surface area contributed by atoms with Gasteiger partial charge < -0.3 is 4.74 Å². The van der Waals surface area contributed by atoms with Gasteiger partial charge in [-0.05, 0) is 23.8 Å². The molecule has 0 spiro atoms. The number of benzene rings is 1. The van der Waals surface area contributed by atoms with Gasteiger partial charge in [0.05, 0.1) is 6.26 Å². The third-order valence-electron chi connectivity index (χ3n) is 1.32. The largest absolute Gasteiger partial charge is 0.465 e. The third kappa shape index (κ3) is 1.11. The summed E-state index contributed by atoms with van der Waals surface area (Å²) < 4.78 is 5.10. The molecule has 0 saturated carbocycles. The first kappa shape index (κ1) is 7.09. The molecule has 2 heteroatoms. The van der Waals surface area contributed by atoms with Gasteiger partial charge in [0.25, 0.3) is 0 Å². The number of rotatable bonds is 0. The molecule has 4 radical (unpaired) electrons. The van der Waals surface area contributed by atoms with Crippen LogP contribution in [-0.4, -0.2) is 11.0 Å². The second-order valence-corrected chi connectivity index (χ2v) is 1.99. The van der Waals surface area contributed by atoms with Crippen molar-refractivity contribution in [2.45, 2.75) is 0 Å². The van der Waals surface area contributed by atoms with Gasteiger partial charge in [-0.1, -0.05) is 12.1 Å². The minimum Gasteiger partial charge on any atom is -0.465 e. The van der Waals surface area contributed by atoms with Gasteiger partial charge in [0.15, 0.2) is 0 Å². The summed E-state index contributed by atoms with van der Waals surface area (Å²) in [4.78, 5) is 0. The molecule has 1 aliphatic rings. The predicted molar refractivity (Wildman–Crippen MR) is 41.9 cm³/mol. The van der Waals surface area contributed by atoms with Crippen LogP contribution in [0.1, 0.15) is 5.56 Å². The fourth-order valence-electron chi connectivity index (χ4n) is 0.883. The van der Waals surface area contributed by atoms with Crippen molar-refractivity contribution in [2.24, 2.45) is 0 Å². The lowest BCUT2D eigenvalue weighted by molar-refractivity contribution is 0.481. The fraction of sp³-hybridized carbons (Fsp3) is 0. The zero-order valence-electron chi connectivity index (χ0n) is 5.37. The minimum atomic E-state index is 0. The Bertz CT molecular complexity index is 255. The van der Waals surface area contributed by atoms with Crippen molar-refractivity contribution in [1.82, 2.24) is 0 Å². The Balaban J connectivity index is 0.000000500. The maximum absolute atomic E-state index is 5.10. The lowest BCUT2D eigenvalue weighted by Crippen LogP contribution is -1.87. The van der Waals surface area contributed by atoms with Crippen LogP contribution in [0, 0.1) is 0 Å². The summed E-state index contributed by atoms with van der Waals surface area (Å²) in [6.45, 7) is 0. The highest BCUT2D eigenvalue weighted by Gasteiger charge is 1.96. The average Bonchev–Trinajstić information content (AvgIpc) is 1.88. The molecule has 2 rings (SSSR count). The van der Waals surface area contributed by atoms with E-state index in [0.717, 1.165) is 5.75 Å². The van der Waals surface area contributed by atoms with Gasteiger partial charge in [0, 0.05) is 11.0 Å². The zero-order chi connectivity index (χ0) is 6.10. The standard InChI is InChI=1S/C8H6O.Si/c1-2-7-4-5-9-8(3-1)6-7;/h1-6H;. The molecular formula is C8H6OSi. The van der Waals surface area contributed by atoms with Crippen molar-refractivity contribution in [3.63, 3.8) is 0 Å². The van der Waals surface area contributed by atoms with E-state index in [9.17, 15) is 0 Å². The lowest BCUT2D eigenvalue weighted by Gasteiger charge is -2.05. The molecule has 48 valence electrons. The van der Waals surface area contributed by atoms with E-state index in [1.807, 2.05) is 30.3 Å². The Morgan fingerprint density at radius 2 is 2.10 bits per heavy atom. The average molecular weight is 146 g/mol. The zero-order valence-corrected chi connectivity index (χ0v) is 6.37. The SMILES string of the molecule is C1=Cc2cccc(c2)O1.[Si]. The van der Waals surface area contributed by atoms with Gasteiger partial charge in [-0.25, -0.2) is 0 Å². The predicted octanol–water partition coefficient (Wildman–Crippen LogP) is 1.67. The summed E-state index contributed by atoms with van der Waals surface area (Å²) in [5.41, 5.74) is 1.21. The van der Waals surface area contributed by atoms with Crippen LogP contribution in [0.2, 0.25) is 0 Å². The second-order valence-electron chi connectivity index (χ2n) is 1.99. The highest BCUT2D eigenvalue weighted by atomic mass is 28.1. The third-order valence-corrected chi connectivity index (χ3v) is 1.32. The molecule has 0 fully saturated rings. The van der Waals surface area contributed by atoms with Gasteiger partial charge in [-0.15, -0.1) is 0 Å². The van der Waals surface area contributed by atoms with Crippen molar-refractivity contribution in [1.29, 1.82) is 0 Å². The molecule has 0 aromatic heterocycles. The summed E-state index contributed by atoms with van der Waals surface area (Å²) in [6.07, 6.45) is 3.64. The van der Waals surface area contributed by atoms with Crippen molar-refractivity contribution in [3.05, 3.63) is 36.1 Å². The topological polar surface area (TPSA) is 9.23 Å². The van der Waals surface area contributed by atoms with Gasteiger partial charge in [-0.3, -0.25) is 0 Å². The maximum Gasteiger partial charge on any atom is 0.127 e. The summed E-state index contributed by atoms with van der Waals surface area (Å²) in [5.74, 6) is 0.926. The summed E-state index contributed by atoms with van der Waals surface area (Å²) >= 11 is 0. The molecule has 0 saturated heterocycles. The molecule has 0 amide bonds. The van der Waals surface area contributed by atoms with E-state index >= 15 is 0 Å². The van der Waals surface area contributed by atoms with Crippen LogP contribution in [0.5, 0.6) is 5.75 Å². The van der Waals surface area contributed by atoms with E-state index in [4.69, 9.17) is 4.74 Å². The van der Waals surface area contributed by atoms with E-state index < -0.39 is 0 Å². The van der Waals surface area contributed by atoms with E-state index in [-0.39, 0.29) is 11.0 Å². The molecule has 1 aromatic carbocycles. The molecule has 1 heterocycles. The molecule has 0 N–H and O–H groups in total. The summed E-state index contributed by atoms with van der Waals surface area (Å²) in [7, 11) is 0. The van der Waals surface area contributed by atoms with Gasteiger partial charge >= 0.3 is 0 Å². The van der Waals surface area contributed by atoms with Crippen LogP contribution >= 0.6 is 0 Å². The highest BCUT2D eigenvalue weighted by Crippen LogP contribution is 2.18. The highest BCUT2D eigenvalue weighted by molar-refractivity contribution is 5.75. The quantitative estimate of drug-likeness (QED) is 0.506. The number of ether oxygens (including phenoxy) is 1. The Kier molecular flexibility index (Phi) is 1.92. The van der Waals surface area contributed by atoms with Gasteiger partial charge in [0.2, 0.25) is 0 Å². The first-order chi connectivity index (χ1) is 4.45.